The molecule has 0 aliphatic heterocycles. The highest BCUT2D eigenvalue weighted by Gasteiger charge is 1.98. The van der Waals surface area contributed by atoms with E-state index in [2.05, 4.69) is 41.5 Å². The van der Waals surface area contributed by atoms with Gasteiger partial charge in [0.05, 0.1) is 7.11 Å². The van der Waals surface area contributed by atoms with Gasteiger partial charge < -0.3 is 15.8 Å². The van der Waals surface area contributed by atoms with Gasteiger partial charge in [-0.25, -0.2) is 0 Å². The first kappa shape index (κ1) is 20.3. The Hall–Kier alpha value is -1.76. The van der Waals surface area contributed by atoms with Gasteiger partial charge in [-0.15, -0.1) is 24.0 Å². The number of guanidine groups is 1. The number of benzene rings is 2. The molecular weight excluding hydrogens is 413 g/mol. The van der Waals surface area contributed by atoms with Crippen LogP contribution < -0.4 is 15.8 Å². The summed E-state index contributed by atoms with van der Waals surface area (Å²) >= 11 is 0. The molecule has 0 heterocycles. The van der Waals surface area contributed by atoms with Gasteiger partial charge in [0.2, 0.25) is 0 Å². The van der Waals surface area contributed by atoms with Crippen molar-refractivity contribution >= 4 is 35.6 Å². The maximum Gasteiger partial charge on any atom is 0.193 e. The van der Waals surface area contributed by atoms with Gasteiger partial charge in [0.1, 0.15) is 5.75 Å². The van der Waals surface area contributed by atoms with Crippen LogP contribution in [0.3, 0.4) is 0 Å². The van der Waals surface area contributed by atoms with Crippen LogP contribution in [0.1, 0.15) is 24.5 Å². The first-order valence-electron chi connectivity index (χ1n) is 8.00. The molecule has 2 aromatic rings. The van der Waals surface area contributed by atoms with Crippen molar-refractivity contribution in [2.24, 2.45) is 10.7 Å². The zero-order valence-electron chi connectivity index (χ0n) is 14.3. The van der Waals surface area contributed by atoms with Gasteiger partial charge >= 0.3 is 0 Å². The molecule has 0 spiro atoms. The molecule has 2 aromatic carbocycles. The third-order valence-electron chi connectivity index (χ3n) is 3.67. The highest BCUT2D eigenvalue weighted by Crippen LogP contribution is 2.14. The number of aryl methyl sites for hydroxylation is 2. The summed E-state index contributed by atoms with van der Waals surface area (Å²) in [6.07, 6.45) is 2.94. The maximum absolute atomic E-state index is 5.92. The molecule has 0 aromatic heterocycles. The lowest BCUT2D eigenvalue weighted by Gasteiger charge is -2.07. The Bertz CT molecular complexity index is 641. The molecule has 24 heavy (non-hydrogen) atoms. The molecule has 0 fully saturated rings. The first-order chi connectivity index (χ1) is 11.2. The molecule has 4 nitrogen and oxygen atoms in total. The van der Waals surface area contributed by atoms with Crippen LogP contribution in [0, 0.1) is 0 Å². The van der Waals surface area contributed by atoms with E-state index in [1.54, 1.807) is 7.11 Å². The minimum Gasteiger partial charge on any atom is -0.497 e. The monoisotopic (exact) mass is 439 g/mol. The topological polar surface area (TPSA) is 59.6 Å². The van der Waals surface area contributed by atoms with Crippen LogP contribution in [0.4, 0.5) is 5.69 Å². The third kappa shape index (κ3) is 6.78. The Labute approximate surface area is 161 Å². The number of ether oxygens (including phenoxy) is 1. The molecular formula is C19H26IN3O. The molecule has 130 valence electrons. The molecule has 3 N–H and O–H groups in total. The van der Waals surface area contributed by atoms with Crippen molar-refractivity contribution in [2.75, 3.05) is 19.0 Å². The maximum atomic E-state index is 5.92. The Morgan fingerprint density at radius 1 is 1.12 bits per heavy atom. The molecule has 0 bridgehead atoms. The van der Waals surface area contributed by atoms with E-state index in [0.29, 0.717) is 12.5 Å². The molecule has 0 aliphatic carbocycles. The van der Waals surface area contributed by atoms with Crippen molar-refractivity contribution in [3.63, 3.8) is 0 Å². The van der Waals surface area contributed by atoms with Crippen LogP contribution in [0.25, 0.3) is 0 Å². The minimum atomic E-state index is 0. The van der Waals surface area contributed by atoms with Gasteiger partial charge in [-0.2, -0.15) is 0 Å². The average molecular weight is 439 g/mol. The van der Waals surface area contributed by atoms with E-state index in [0.717, 1.165) is 30.7 Å². The first-order valence-corrected chi connectivity index (χ1v) is 8.00. The highest BCUT2D eigenvalue weighted by atomic mass is 127. The number of nitrogens with zero attached hydrogens (tertiary/aromatic N) is 1. The fraction of sp³-hybridized carbons (Fsp3) is 0.316. The van der Waals surface area contributed by atoms with Crippen LogP contribution in [0.2, 0.25) is 0 Å². The summed E-state index contributed by atoms with van der Waals surface area (Å²) in [6, 6.07) is 16.4. The second-order valence-corrected chi connectivity index (χ2v) is 5.40. The van der Waals surface area contributed by atoms with E-state index in [9.17, 15) is 0 Å². The molecule has 0 saturated carbocycles. The van der Waals surface area contributed by atoms with Crippen molar-refractivity contribution in [3.05, 3.63) is 59.7 Å². The van der Waals surface area contributed by atoms with E-state index in [1.165, 1.54) is 11.1 Å². The van der Waals surface area contributed by atoms with E-state index in [1.807, 2.05) is 24.3 Å². The lowest BCUT2D eigenvalue weighted by molar-refractivity contribution is 0.414. The summed E-state index contributed by atoms with van der Waals surface area (Å²) in [7, 11) is 1.68. The molecule has 0 saturated heterocycles. The van der Waals surface area contributed by atoms with Gasteiger partial charge in [-0.05, 0) is 54.7 Å². The minimum absolute atomic E-state index is 0. The molecule has 0 amide bonds. The predicted octanol–water partition coefficient (Wildman–Crippen LogP) is 4.24. The Balaban J connectivity index is 0.00000288. The predicted molar refractivity (Wildman–Crippen MR) is 113 cm³/mol. The van der Waals surface area contributed by atoms with Crippen LogP contribution >= 0.6 is 24.0 Å². The normalized spacial score (nSPS) is 10.8. The van der Waals surface area contributed by atoms with Crippen LogP contribution in [0.5, 0.6) is 5.75 Å². The molecule has 0 radical (unpaired) electrons. The van der Waals surface area contributed by atoms with Crippen LogP contribution in [0.15, 0.2) is 53.5 Å². The van der Waals surface area contributed by atoms with Gasteiger partial charge in [0.25, 0.3) is 0 Å². The molecule has 5 heteroatoms. The average Bonchev–Trinajstić information content (AvgIpc) is 2.59. The van der Waals surface area contributed by atoms with E-state index in [4.69, 9.17) is 10.5 Å². The molecule has 0 unspecified atom stereocenters. The number of aliphatic imine (C=N–C) groups is 1. The highest BCUT2D eigenvalue weighted by molar-refractivity contribution is 14.0. The number of anilines is 1. The number of nitrogens with two attached hydrogens (primary N) is 1. The van der Waals surface area contributed by atoms with Gasteiger partial charge in [-0.3, -0.25) is 4.99 Å². The SMILES string of the molecule is CCc1ccc(NC(N)=NCCCc2cccc(OC)c2)cc1.I. The van der Waals surface area contributed by atoms with Crippen molar-refractivity contribution in [1.82, 2.24) is 0 Å². The fourth-order valence-electron chi connectivity index (χ4n) is 2.32. The molecule has 0 aliphatic rings. The van der Waals surface area contributed by atoms with Crippen LogP contribution in [-0.4, -0.2) is 19.6 Å². The fourth-order valence-corrected chi connectivity index (χ4v) is 2.32. The van der Waals surface area contributed by atoms with Crippen LogP contribution in [-0.2, 0) is 12.8 Å². The third-order valence-corrected chi connectivity index (χ3v) is 3.67. The lowest BCUT2D eigenvalue weighted by Crippen LogP contribution is -2.22. The van der Waals surface area contributed by atoms with Crippen molar-refractivity contribution in [2.45, 2.75) is 26.2 Å². The number of rotatable bonds is 7. The Kier molecular flexibility index (Phi) is 9.22. The van der Waals surface area contributed by atoms with Crippen molar-refractivity contribution in [3.8, 4) is 5.75 Å². The largest absolute Gasteiger partial charge is 0.497 e. The second-order valence-electron chi connectivity index (χ2n) is 5.40. The second kappa shape index (κ2) is 10.9. The number of nitrogens with one attached hydrogen (secondary N) is 1. The quantitative estimate of drug-likeness (QED) is 0.294. The summed E-state index contributed by atoms with van der Waals surface area (Å²) < 4.78 is 5.22. The van der Waals surface area contributed by atoms with Crippen molar-refractivity contribution < 1.29 is 4.74 Å². The summed E-state index contributed by atoms with van der Waals surface area (Å²) in [5.74, 6) is 1.35. The lowest BCUT2D eigenvalue weighted by atomic mass is 10.1. The summed E-state index contributed by atoms with van der Waals surface area (Å²) in [6.45, 7) is 2.84. The van der Waals surface area contributed by atoms with E-state index >= 15 is 0 Å². The number of hydrogen-bond acceptors (Lipinski definition) is 2. The zero-order valence-corrected chi connectivity index (χ0v) is 16.6. The van der Waals surface area contributed by atoms with Gasteiger partial charge in [0.15, 0.2) is 5.96 Å². The smallest absolute Gasteiger partial charge is 0.193 e. The zero-order chi connectivity index (χ0) is 16.5. The van der Waals surface area contributed by atoms with Gasteiger partial charge in [-0.1, -0.05) is 31.2 Å². The van der Waals surface area contributed by atoms with Crippen molar-refractivity contribution in [1.29, 1.82) is 0 Å². The molecule has 2 rings (SSSR count). The Morgan fingerprint density at radius 3 is 2.54 bits per heavy atom. The number of methoxy groups -OCH3 is 1. The summed E-state index contributed by atoms with van der Waals surface area (Å²) in [5, 5.41) is 3.12. The Morgan fingerprint density at radius 2 is 1.88 bits per heavy atom. The van der Waals surface area contributed by atoms with E-state index < -0.39 is 0 Å². The summed E-state index contributed by atoms with van der Waals surface area (Å²) in [5.41, 5.74) is 9.45. The number of halogens is 1. The van der Waals surface area contributed by atoms with E-state index in [-0.39, 0.29) is 24.0 Å². The van der Waals surface area contributed by atoms with Gasteiger partial charge in [0, 0.05) is 12.2 Å². The molecule has 0 atom stereocenters. The standard InChI is InChI=1S/C19H25N3O.HI/c1-3-15-9-11-17(12-10-15)22-19(20)21-13-5-7-16-6-4-8-18(14-16)23-2;/h4,6,8-12,14H,3,5,7,13H2,1-2H3,(H3,20,21,22);1H. The summed E-state index contributed by atoms with van der Waals surface area (Å²) in [4.78, 5) is 4.37. The number of hydrogen-bond donors (Lipinski definition) is 2.